The molecule has 3 aromatic rings. The summed E-state index contributed by atoms with van der Waals surface area (Å²) in [5, 5.41) is 6.05. The van der Waals surface area contributed by atoms with E-state index in [0.29, 0.717) is 5.95 Å². The number of fused-ring (bicyclic) bond motifs is 1. The molecule has 1 unspecified atom stereocenters. The van der Waals surface area contributed by atoms with Crippen molar-refractivity contribution in [2.75, 3.05) is 57.2 Å². The maximum absolute atomic E-state index is 5.62. The Balaban J connectivity index is 1.50. The van der Waals surface area contributed by atoms with Crippen molar-refractivity contribution in [1.82, 2.24) is 14.9 Å². The predicted molar refractivity (Wildman–Crippen MR) is 147 cm³/mol. The van der Waals surface area contributed by atoms with Gasteiger partial charge in [0.25, 0.3) is 0 Å². The third-order valence-electron chi connectivity index (χ3n) is 8.90. The quantitative estimate of drug-likeness (QED) is 0.537. The van der Waals surface area contributed by atoms with Crippen LogP contribution in [0.5, 0.6) is 5.75 Å². The van der Waals surface area contributed by atoms with Crippen LogP contribution >= 0.6 is 0 Å². The Morgan fingerprint density at radius 2 is 1.81 bits per heavy atom. The summed E-state index contributed by atoms with van der Waals surface area (Å²) >= 11 is 0. The van der Waals surface area contributed by atoms with Gasteiger partial charge in [0.15, 0.2) is 0 Å². The molecule has 0 spiro atoms. The Morgan fingerprint density at radius 1 is 1.03 bits per heavy atom. The lowest BCUT2D eigenvalue weighted by Crippen LogP contribution is -2.63. The molecule has 0 aliphatic carbocycles. The Bertz CT molecular complexity index is 1240. The van der Waals surface area contributed by atoms with E-state index in [9.17, 15) is 0 Å². The van der Waals surface area contributed by atoms with Gasteiger partial charge in [0.2, 0.25) is 5.95 Å². The second-order valence-corrected chi connectivity index (χ2v) is 11.1. The first-order chi connectivity index (χ1) is 17.2. The molecular formula is C29H39N5O2. The first kappa shape index (κ1) is 24.8. The number of likely N-dealkylation sites (tertiary alicyclic amines) is 1. The Labute approximate surface area is 214 Å². The highest BCUT2D eigenvalue weighted by Gasteiger charge is 2.48. The standard InChI is InChI=1S/C29H39N5O2/c1-28(2)26(10-12-33(5)29(28,3)4)32-27-30-11-9-24(31-27)21-17-20-7-8-22(35-6)19-23(20)25(18-21)34-13-15-36-16-14-34/h7-9,11,17-19,26H,10,12-16H2,1-6H3,(H,30,31,32). The second kappa shape index (κ2) is 9.52. The third kappa shape index (κ3) is 4.39. The summed E-state index contributed by atoms with van der Waals surface area (Å²) in [5.41, 5.74) is 3.31. The van der Waals surface area contributed by atoms with Gasteiger partial charge in [0.1, 0.15) is 5.75 Å². The maximum Gasteiger partial charge on any atom is 0.223 e. The normalized spacial score (nSPS) is 21.9. The summed E-state index contributed by atoms with van der Waals surface area (Å²) < 4.78 is 11.2. The topological polar surface area (TPSA) is 62.8 Å². The fourth-order valence-corrected chi connectivity index (χ4v) is 5.54. The SMILES string of the molecule is COc1ccc2cc(-c3ccnc(NC4CCN(C)C(C)(C)C4(C)C)n3)cc(N3CCOCC3)c2c1. The monoisotopic (exact) mass is 489 g/mol. The van der Waals surface area contributed by atoms with Gasteiger partial charge in [0, 0.05) is 59.5 Å². The van der Waals surface area contributed by atoms with E-state index in [0.717, 1.165) is 56.3 Å². The number of nitrogens with one attached hydrogen (secondary N) is 1. The number of morpholine rings is 1. The molecule has 0 amide bonds. The van der Waals surface area contributed by atoms with Crippen molar-refractivity contribution in [1.29, 1.82) is 0 Å². The number of hydrogen-bond acceptors (Lipinski definition) is 7. The molecule has 2 aliphatic rings. The minimum Gasteiger partial charge on any atom is -0.497 e. The van der Waals surface area contributed by atoms with E-state index in [1.54, 1.807) is 7.11 Å². The fourth-order valence-electron chi connectivity index (χ4n) is 5.54. The van der Waals surface area contributed by atoms with E-state index in [-0.39, 0.29) is 17.0 Å². The van der Waals surface area contributed by atoms with Crippen molar-refractivity contribution >= 4 is 22.4 Å². The molecule has 3 heterocycles. The molecule has 7 heteroatoms. The molecule has 2 aromatic carbocycles. The summed E-state index contributed by atoms with van der Waals surface area (Å²) in [7, 11) is 3.93. The molecular weight excluding hydrogens is 450 g/mol. The molecule has 0 saturated carbocycles. The largest absolute Gasteiger partial charge is 0.497 e. The highest BCUT2D eigenvalue weighted by molar-refractivity contribution is 5.98. The van der Waals surface area contributed by atoms with Crippen molar-refractivity contribution in [2.45, 2.75) is 45.7 Å². The van der Waals surface area contributed by atoms with Crippen LogP contribution in [0.2, 0.25) is 0 Å². The molecule has 2 saturated heterocycles. The number of rotatable bonds is 5. The van der Waals surface area contributed by atoms with Crippen LogP contribution in [0, 0.1) is 5.41 Å². The van der Waals surface area contributed by atoms with Gasteiger partial charge >= 0.3 is 0 Å². The summed E-state index contributed by atoms with van der Waals surface area (Å²) in [6, 6.07) is 13.0. The number of nitrogens with zero attached hydrogens (tertiary/aromatic N) is 4. The average molecular weight is 490 g/mol. The van der Waals surface area contributed by atoms with Crippen LogP contribution in [0.25, 0.3) is 22.0 Å². The van der Waals surface area contributed by atoms with Crippen molar-refractivity contribution in [3.63, 3.8) is 0 Å². The van der Waals surface area contributed by atoms with Gasteiger partial charge in [-0.1, -0.05) is 19.9 Å². The third-order valence-corrected chi connectivity index (χ3v) is 8.90. The Kier molecular flexibility index (Phi) is 6.55. The zero-order valence-electron chi connectivity index (χ0n) is 22.5. The Hall–Kier alpha value is -2.90. The zero-order valence-corrected chi connectivity index (χ0v) is 22.5. The first-order valence-electron chi connectivity index (χ1n) is 13.0. The van der Waals surface area contributed by atoms with Gasteiger partial charge in [-0.3, -0.25) is 0 Å². The molecule has 0 radical (unpaired) electrons. The lowest BCUT2D eigenvalue weighted by Gasteiger charge is -2.56. The molecule has 36 heavy (non-hydrogen) atoms. The number of anilines is 2. The van der Waals surface area contributed by atoms with Crippen LogP contribution in [0.1, 0.15) is 34.1 Å². The van der Waals surface area contributed by atoms with Gasteiger partial charge < -0.3 is 24.6 Å². The van der Waals surface area contributed by atoms with Gasteiger partial charge in [-0.2, -0.15) is 0 Å². The van der Waals surface area contributed by atoms with Gasteiger partial charge in [-0.05, 0) is 63.0 Å². The summed E-state index contributed by atoms with van der Waals surface area (Å²) in [6.07, 6.45) is 2.92. The van der Waals surface area contributed by atoms with Gasteiger partial charge in [0.05, 0.1) is 26.0 Å². The molecule has 192 valence electrons. The van der Waals surface area contributed by atoms with Crippen LogP contribution in [0.3, 0.4) is 0 Å². The molecule has 1 aromatic heterocycles. The number of methoxy groups -OCH3 is 1. The van der Waals surface area contributed by atoms with Crippen molar-refractivity contribution in [3.8, 4) is 17.0 Å². The molecule has 5 rings (SSSR count). The fraction of sp³-hybridized carbons (Fsp3) is 0.517. The molecule has 7 nitrogen and oxygen atoms in total. The van der Waals surface area contributed by atoms with E-state index in [1.165, 1.54) is 16.5 Å². The number of hydrogen-bond donors (Lipinski definition) is 1. The van der Waals surface area contributed by atoms with E-state index in [1.807, 2.05) is 18.3 Å². The van der Waals surface area contributed by atoms with Crippen LogP contribution in [-0.2, 0) is 4.74 Å². The smallest absolute Gasteiger partial charge is 0.223 e. The van der Waals surface area contributed by atoms with E-state index in [4.69, 9.17) is 14.5 Å². The summed E-state index contributed by atoms with van der Waals surface area (Å²) in [5.74, 6) is 1.55. The minimum absolute atomic E-state index is 0.0465. The van der Waals surface area contributed by atoms with E-state index >= 15 is 0 Å². The minimum atomic E-state index is 0.0465. The van der Waals surface area contributed by atoms with Gasteiger partial charge in [-0.15, -0.1) is 0 Å². The molecule has 0 bridgehead atoms. The predicted octanol–water partition coefficient (Wildman–Crippen LogP) is 5.06. The van der Waals surface area contributed by atoms with Crippen molar-refractivity contribution in [2.24, 2.45) is 5.41 Å². The van der Waals surface area contributed by atoms with Crippen LogP contribution < -0.4 is 15.0 Å². The number of aromatic nitrogens is 2. The number of ether oxygens (including phenoxy) is 2. The lowest BCUT2D eigenvalue weighted by molar-refractivity contribution is -0.0218. The molecule has 2 fully saturated rings. The molecule has 1 N–H and O–H groups in total. The van der Waals surface area contributed by atoms with Crippen LogP contribution in [-0.4, -0.2) is 73.5 Å². The summed E-state index contributed by atoms with van der Waals surface area (Å²) in [4.78, 5) is 14.5. The maximum atomic E-state index is 5.62. The van der Waals surface area contributed by atoms with E-state index < -0.39 is 0 Å². The van der Waals surface area contributed by atoms with Crippen molar-refractivity contribution in [3.05, 3.63) is 42.6 Å². The van der Waals surface area contributed by atoms with Crippen molar-refractivity contribution < 1.29 is 9.47 Å². The van der Waals surface area contributed by atoms with Crippen LogP contribution in [0.15, 0.2) is 42.6 Å². The highest BCUT2D eigenvalue weighted by atomic mass is 16.5. The van der Waals surface area contributed by atoms with E-state index in [2.05, 4.69) is 79.1 Å². The highest BCUT2D eigenvalue weighted by Crippen LogP contribution is 2.44. The number of piperidine rings is 1. The zero-order chi connectivity index (χ0) is 25.5. The average Bonchev–Trinajstić information content (AvgIpc) is 2.89. The van der Waals surface area contributed by atoms with Gasteiger partial charge in [-0.25, -0.2) is 9.97 Å². The second-order valence-electron chi connectivity index (χ2n) is 11.1. The molecule has 2 aliphatic heterocycles. The summed E-state index contributed by atoms with van der Waals surface area (Å²) in [6.45, 7) is 13.6. The first-order valence-corrected chi connectivity index (χ1v) is 13.0. The lowest BCUT2D eigenvalue weighted by atomic mass is 9.65. The number of benzene rings is 2. The molecule has 1 atom stereocenters. The Morgan fingerprint density at radius 3 is 2.56 bits per heavy atom. The van der Waals surface area contributed by atoms with Crippen LogP contribution in [0.4, 0.5) is 11.6 Å².